The second-order valence-electron chi connectivity index (χ2n) is 6.42. The molecule has 1 fully saturated rings. The van der Waals surface area contributed by atoms with Gasteiger partial charge in [0.25, 0.3) is 0 Å². The van der Waals surface area contributed by atoms with Gasteiger partial charge in [-0.15, -0.1) is 0 Å². The van der Waals surface area contributed by atoms with Crippen LogP contribution in [-0.4, -0.2) is 40.9 Å². The topological polar surface area (TPSA) is 43.7 Å². The van der Waals surface area contributed by atoms with Gasteiger partial charge in [0, 0.05) is 13.1 Å². The SMILES string of the molecule is CC1CCN(CC(C)(O)c2cccc(C(F)(F)F)c2)CC1O. The number of β-amino-alcohol motifs (C(OH)–C–C–N with tert-alkyl or cyclic N) is 2. The molecule has 0 bridgehead atoms. The van der Waals surface area contributed by atoms with Gasteiger partial charge < -0.3 is 10.2 Å². The number of hydrogen-bond donors (Lipinski definition) is 2. The van der Waals surface area contributed by atoms with E-state index in [-0.39, 0.29) is 18.0 Å². The third-order valence-electron chi connectivity index (χ3n) is 4.35. The Morgan fingerprint density at radius 2 is 1.91 bits per heavy atom. The molecule has 1 aromatic carbocycles. The summed E-state index contributed by atoms with van der Waals surface area (Å²) in [5, 5.41) is 20.5. The molecule has 2 rings (SSSR count). The van der Waals surface area contributed by atoms with Crippen LogP contribution in [0.3, 0.4) is 0 Å². The van der Waals surface area contributed by atoms with Crippen LogP contribution in [0.15, 0.2) is 24.3 Å². The highest BCUT2D eigenvalue weighted by molar-refractivity contribution is 5.29. The van der Waals surface area contributed by atoms with Crippen molar-refractivity contribution in [1.29, 1.82) is 0 Å². The molecule has 0 amide bonds. The normalized spacial score (nSPS) is 26.7. The Morgan fingerprint density at radius 1 is 1.27 bits per heavy atom. The zero-order chi connectivity index (χ0) is 16.5. The smallest absolute Gasteiger partial charge is 0.392 e. The lowest BCUT2D eigenvalue weighted by Gasteiger charge is -2.38. The number of alkyl halides is 3. The summed E-state index contributed by atoms with van der Waals surface area (Å²) in [5.41, 5.74) is -1.94. The van der Waals surface area contributed by atoms with Crippen molar-refractivity contribution in [3.05, 3.63) is 35.4 Å². The molecule has 3 nitrogen and oxygen atoms in total. The van der Waals surface area contributed by atoms with Gasteiger partial charge in [-0.1, -0.05) is 19.1 Å². The highest BCUT2D eigenvalue weighted by atomic mass is 19.4. The van der Waals surface area contributed by atoms with E-state index in [1.807, 2.05) is 11.8 Å². The number of aliphatic hydroxyl groups excluding tert-OH is 1. The Kier molecular flexibility index (Phi) is 4.84. The van der Waals surface area contributed by atoms with Crippen LogP contribution in [0.2, 0.25) is 0 Å². The zero-order valence-electron chi connectivity index (χ0n) is 12.8. The number of nitrogens with zero attached hydrogens (tertiary/aromatic N) is 1. The number of likely N-dealkylation sites (tertiary alicyclic amines) is 1. The van der Waals surface area contributed by atoms with Crippen molar-refractivity contribution < 1.29 is 23.4 Å². The third kappa shape index (κ3) is 4.00. The molecule has 6 heteroatoms. The minimum atomic E-state index is -4.43. The average Bonchev–Trinajstić information content (AvgIpc) is 2.42. The Balaban J connectivity index is 2.13. The van der Waals surface area contributed by atoms with E-state index >= 15 is 0 Å². The molecule has 22 heavy (non-hydrogen) atoms. The molecular formula is C16H22F3NO2. The molecule has 1 aromatic rings. The van der Waals surface area contributed by atoms with Gasteiger partial charge in [-0.25, -0.2) is 0 Å². The fourth-order valence-electron chi connectivity index (χ4n) is 2.82. The molecule has 124 valence electrons. The van der Waals surface area contributed by atoms with Gasteiger partial charge in [0.1, 0.15) is 0 Å². The number of aliphatic hydroxyl groups is 2. The molecule has 1 aliphatic rings. The van der Waals surface area contributed by atoms with E-state index in [0.29, 0.717) is 13.1 Å². The molecule has 0 aromatic heterocycles. The molecule has 1 saturated heterocycles. The lowest BCUT2D eigenvalue weighted by Crippen LogP contribution is -2.48. The second-order valence-corrected chi connectivity index (χ2v) is 6.42. The third-order valence-corrected chi connectivity index (χ3v) is 4.35. The van der Waals surface area contributed by atoms with Gasteiger partial charge >= 0.3 is 6.18 Å². The van der Waals surface area contributed by atoms with Gasteiger partial charge in [0.15, 0.2) is 0 Å². The summed E-state index contributed by atoms with van der Waals surface area (Å²) in [7, 11) is 0. The summed E-state index contributed by atoms with van der Waals surface area (Å²) in [5.74, 6) is 0.203. The van der Waals surface area contributed by atoms with Crippen LogP contribution in [-0.2, 0) is 11.8 Å². The molecule has 0 radical (unpaired) electrons. The summed E-state index contributed by atoms with van der Waals surface area (Å²) < 4.78 is 38.4. The van der Waals surface area contributed by atoms with Gasteiger partial charge in [-0.05, 0) is 43.5 Å². The summed E-state index contributed by atoms with van der Waals surface area (Å²) >= 11 is 0. The first-order valence-corrected chi connectivity index (χ1v) is 7.40. The Bertz CT molecular complexity index is 516. The highest BCUT2D eigenvalue weighted by Crippen LogP contribution is 2.32. The van der Waals surface area contributed by atoms with Crippen molar-refractivity contribution in [2.45, 2.75) is 38.1 Å². The maximum absolute atomic E-state index is 12.8. The highest BCUT2D eigenvalue weighted by Gasteiger charge is 2.34. The van der Waals surface area contributed by atoms with Crippen LogP contribution < -0.4 is 0 Å². The molecular weight excluding hydrogens is 295 g/mol. The minimum Gasteiger partial charge on any atom is -0.392 e. The zero-order valence-corrected chi connectivity index (χ0v) is 12.8. The van der Waals surface area contributed by atoms with E-state index in [0.717, 1.165) is 18.6 Å². The molecule has 0 aliphatic carbocycles. The predicted octanol–water partition coefficient (Wildman–Crippen LogP) is 2.62. The standard InChI is InChI=1S/C16H22F3NO2/c1-11-6-7-20(9-14(11)21)10-15(2,22)12-4-3-5-13(8-12)16(17,18)19/h3-5,8,11,14,21-22H,6-7,9-10H2,1-2H3. The van der Waals surface area contributed by atoms with E-state index in [4.69, 9.17) is 0 Å². The Hall–Kier alpha value is -1.11. The molecule has 3 atom stereocenters. The molecule has 3 unspecified atom stereocenters. The molecule has 1 heterocycles. The summed E-state index contributed by atoms with van der Waals surface area (Å²) in [4.78, 5) is 1.89. The lowest BCUT2D eigenvalue weighted by molar-refractivity contribution is -0.137. The van der Waals surface area contributed by atoms with E-state index in [1.54, 1.807) is 0 Å². The van der Waals surface area contributed by atoms with E-state index in [9.17, 15) is 23.4 Å². The number of hydrogen-bond acceptors (Lipinski definition) is 3. The first-order chi connectivity index (χ1) is 10.1. The first kappa shape index (κ1) is 17.2. The van der Waals surface area contributed by atoms with Gasteiger partial charge in [-0.2, -0.15) is 13.2 Å². The summed E-state index contributed by atoms with van der Waals surface area (Å²) in [6, 6.07) is 4.78. The minimum absolute atomic E-state index is 0.193. The van der Waals surface area contributed by atoms with Gasteiger partial charge in [-0.3, -0.25) is 4.90 Å². The largest absolute Gasteiger partial charge is 0.416 e. The number of rotatable bonds is 3. The second kappa shape index (κ2) is 6.18. The lowest BCUT2D eigenvalue weighted by atomic mass is 9.91. The van der Waals surface area contributed by atoms with Crippen molar-refractivity contribution in [3.63, 3.8) is 0 Å². The fraction of sp³-hybridized carbons (Fsp3) is 0.625. The summed E-state index contributed by atoms with van der Waals surface area (Å²) in [6.07, 6.45) is -4.09. The average molecular weight is 317 g/mol. The van der Waals surface area contributed by atoms with Crippen molar-refractivity contribution in [3.8, 4) is 0 Å². The number of benzene rings is 1. The molecule has 1 aliphatic heterocycles. The van der Waals surface area contributed by atoms with Crippen molar-refractivity contribution >= 4 is 0 Å². The van der Waals surface area contributed by atoms with Crippen molar-refractivity contribution in [2.24, 2.45) is 5.92 Å². The Morgan fingerprint density at radius 3 is 2.50 bits per heavy atom. The van der Waals surface area contributed by atoms with Gasteiger partial charge in [0.2, 0.25) is 0 Å². The van der Waals surface area contributed by atoms with Crippen LogP contribution in [0.1, 0.15) is 31.4 Å². The van der Waals surface area contributed by atoms with E-state index < -0.39 is 23.4 Å². The van der Waals surface area contributed by atoms with Crippen LogP contribution in [0, 0.1) is 5.92 Å². The fourth-order valence-corrected chi connectivity index (χ4v) is 2.82. The molecule has 2 N–H and O–H groups in total. The quantitative estimate of drug-likeness (QED) is 0.901. The predicted molar refractivity (Wildman–Crippen MR) is 77.2 cm³/mol. The van der Waals surface area contributed by atoms with Gasteiger partial charge in [0.05, 0.1) is 17.3 Å². The maximum Gasteiger partial charge on any atom is 0.416 e. The number of piperidine rings is 1. The van der Waals surface area contributed by atoms with Crippen molar-refractivity contribution in [2.75, 3.05) is 19.6 Å². The summed E-state index contributed by atoms with van der Waals surface area (Å²) in [6.45, 7) is 4.81. The van der Waals surface area contributed by atoms with Crippen LogP contribution in [0.25, 0.3) is 0 Å². The maximum atomic E-state index is 12.8. The van der Waals surface area contributed by atoms with Crippen LogP contribution in [0.4, 0.5) is 13.2 Å². The monoisotopic (exact) mass is 317 g/mol. The van der Waals surface area contributed by atoms with E-state index in [2.05, 4.69) is 0 Å². The molecule has 0 saturated carbocycles. The van der Waals surface area contributed by atoms with E-state index in [1.165, 1.54) is 19.1 Å². The van der Waals surface area contributed by atoms with Crippen molar-refractivity contribution in [1.82, 2.24) is 4.90 Å². The number of halogens is 3. The first-order valence-electron chi connectivity index (χ1n) is 7.40. The molecule has 0 spiro atoms. The van der Waals surface area contributed by atoms with Crippen LogP contribution >= 0.6 is 0 Å². The van der Waals surface area contributed by atoms with Crippen LogP contribution in [0.5, 0.6) is 0 Å². The Labute approximate surface area is 128 Å².